The van der Waals surface area contributed by atoms with Crippen LogP contribution in [0, 0.1) is 5.92 Å². The number of likely N-dealkylation sites (tertiary alicyclic amines) is 1. The predicted molar refractivity (Wildman–Crippen MR) is 141 cm³/mol. The lowest BCUT2D eigenvalue weighted by molar-refractivity contribution is -0.136. The number of hydrogen-bond acceptors (Lipinski definition) is 5. The van der Waals surface area contributed by atoms with E-state index in [4.69, 9.17) is 11.6 Å². The zero-order chi connectivity index (χ0) is 27.9. The second-order valence-electron chi connectivity index (χ2n) is 11.4. The molecular formula is C26H34ClF3N4O4S. The molecule has 2 N–H and O–H groups in total. The van der Waals surface area contributed by atoms with Crippen molar-refractivity contribution in [1.82, 2.24) is 14.5 Å². The van der Waals surface area contributed by atoms with Crippen LogP contribution in [0.2, 0.25) is 5.02 Å². The van der Waals surface area contributed by atoms with Crippen LogP contribution in [0.5, 0.6) is 0 Å². The number of carbonyl (C=O) groups excluding carboxylic acids is 2. The van der Waals surface area contributed by atoms with Crippen molar-refractivity contribution in [3.63, 3.8) is 0 Å². The van der Waals surface area contributed by atoms with E-state index in [-0.39, 0.29) is 59.5 Å². The second-order valence-corrected chi connectivity index (χ2v) is 13.7. The van der Waals surface area contributed by atoms with Crippen molar-refractivity contribution < 1.29 is 31.2 Å². The van der Waals surface area contributed by atoms with Gasteiger partial charge in [0.05, 0.1) is 22.8 Å². The van der Waals surface area contributed by atoms with Crippen LogP contribution < -0.4 is 10.6 Å². The number of anilines is 1. The Morgan fingerprint density at radius 3 is 2.41 bits per heavy atom. The number of sulfonamides is 1. The third kappa shape index (κ3) is 6.71. The average Bonchev–Trinajstić information content (AvgIpc) is 3.34. The molecule has 5 rings (SSSR count). The van der Waals surface area contributed by atoms with Gasteiger partial charge in [-0.05, 0) is 88.2 Å². The quantitative estimate of drug-likeness (QED) is 0.478. The first-order valence-electron chi connectivity index (χ1n) is 13.6. The number of alkyl halides is 3. The zero-order valence-electron chi connectivity index (χ0n) is 21.6. The van der Waals surface area contributed by atoms with Gasteiger partial charge in [0.2, 0.25) is 15.9 Å². The average molecular weight is 591 g/mol. The summed E-state index contributed by atoms with van der Waals surface area (Å²) in [6.07, 6.45) is -0.784. The highest BCUT2D eigenvalue weighted by molar-refractivity contribution is 7.89. The van der Waals surface area contributed by atoms with Crippen LogP contribution in [-0.4, -0.2) is 79.1 Å². The Kier molecular flexibility index (Phi) is 8.21. The van der Waals surface area contributed by atoms with Crippen LogP contribution in [-0.2, 0) is 21.2 Å². The van der Waals surface area contributed by atoms with Crippen LogP contribution in [0.25, 0.3) is 0 Å². The van der Waals surface area contributed by atoms with Gasteiger partial charge in [-0.25, -0.2) is 8.42 Å². The number of piperidine rings is 2. The Morgan fingerprint density at radius 2 is 1.77 bits per heavy atom. The summed E-state index contributed by atoms with van der Waals surface area (Å²) >= 11 is 6.32. The lowest BCUT2D eigenvalue weighted by Crippen LogP contribution is -2.53. The number of hydrogen-bond donors (Lipinski definition) is 2. The van der Waals surface area contributed by atoms with Crippen molar-refractivity contribution in [2.45, 2.75) is 82.1 Å². The molecule has 1 unspecified atom stereocenters. The summed E-state index contributed by atoms with van der Waals surface area (Å²) in [5, 5.41) is 6.00. The van der Waals surface area contributed by atoms with Crippen LogP contribution in [0.15, 0.2) is 12.1 Å². The molecule has 1 aromatic carbocycles. The van der Waals surface area contributed by atoms with E-state index in [2.05, 4.69) is 10.6 Å². The van der Waals surface area contributed by atoms with Crippen molar-refractivity contribution in [3.8, 4) is 0 Å². The molecule has 0 saturated carbocycles. The van der Waals surface area contributed by atoms with Gasteiger partial charge in [0.1, 0.15) is 0 Å². The Balaban J connectivity index is 1.13. The highest BCUT2D eigenvalue weighted by Crippen LogP contribution is 2.39. The largest absolute Gasteiger partial charge is 0.389 e. The number of halogens is 4. The molecule has 39 heavy (non-hydrogen) atoms. The van der Waals surface area contributed by atoms with Gasteiger partial charge >= 0.3 is 6.18 Å². The summed E-state index contributed by atoms with van der Waals surface area (Å²) in [6, 6.07) is 2.71. The number of fused-ring (bicyclic) bond motifs is 3. The van der Waals surface area contributed by atoms with Crippen molar-refractivity contribution in [3.05, 3.63) is 28.3 Å². The van der Waals surface area contributed by atoms with Gasteiger partial charge in [-0.1, -0.05) is 11.6 Å². The summed E-state index contributed by atoms with van der Waals surface area (Å²) < 4.78 is 65.8. The molecule has 3 fully saturated rings. The van der Waals surface area contributed by atoms with Crippen molar-refractivity contribution >= 4 is 39.1 Å². The highest BCUT2D eigenvalue weighted by Gasteiger charge is 2.47. The minimum atomic E-state index is -4.14. The standard InChI is InChI=1S/C26H34ClF3N4O4S/c27-22-14-23-17(11-24(35)32-23)10-21(22)25(36)31-18-12-19-2-3-20(13-18)34(19)39(37,38)15-16-4-8-33(9-5-16)7-1-6-26(28,29)30/h10,14,16,18-20H,1-9,11-13,15H2,(H,31,36)(H,32,35)/t18?,19-,20+. The Hall–Kier alpha value is -1.89. The summed E-state index contributed by atoms with van der Waals surface area (Å²) in [4.78, 5) is 26.7. The summed E-state index contributed by atoms with van der Waals surface area (Å²) in [7, 11) is -3.50. The maximum absolute atomic E-state index is 13.5. The Morgan fingerprint density at radius 1 is 1.10 bits per heavy atom. The monoisotopic (exact) mass is 590 g/mol. The molecule has 13 heteroatoms. The SMILES string of the molecule is O=C1Cc2cc(C(=O)NC3C[C@H]4CC[C@@H](C3)N4S(=O)(=O)CC3CCN(CCCC(F)(F)F)CC3)c(Cl)cc2N1. The molecule has 2 bridgehead atoms. The van der Waals surface area contributed by atoms with E-state index < -0.39 is 22.6 Å². The Labute approximate surface area is 231 Å². The molecule has 3 saturated heterocycles. The number of rotatable bonds is 8. The van der Waals surface area contributed by atoms with Gasteiger partial charge in [0.15, 0.2) is 0 Å². The number of carbonyl (C=O) groups is 2. The molecule has 216 valence electrons. The molecule has 0 aromatic heterocycles. The van der Waals surface area contributed by atoms with E-state index in [0.717, 1.165) is 18.4 Å². The lowest BCUT2D eigenvalue weighted by Gasteiger charge is -2.39. The number of benzene rings is 1. The lowest BCUT2D eigenvalue weighted by atomic mass is 9.98. The molecule has 1 aromatic rings. The van der Waals surface area contributed by atoms with E-state index in [1.807, 2.05) is 4.90 Å². The molecule has 8 nitrogen and oxygen atoms in total. The van der Waals surface area contributed by atoms with E-state index in [9.17, 15) is 31.2 Å². The van der Waals surface area contributed by atoms with Gasteiger partial charge < -0.3 is 15.5 Å². The van der Waals surface area contributed by atoms with Gasteiger partial charge in [0, 0.05) is 30.2 Å². The number of amides is 2. The minimum Gasteiger partial charge on any atom is -0.349 e. The van der Waals surface area contributed by atoms with Crippen molar-refractivity contribution in [2.24, 2.45) is 5.92 Å². The van der Waals surface area contributed by atoms with Crippen LogP contribution in [0.4, 0.5) is 18.9 Å². The molecule has 2 amide bonds. The fraction of sp³-hybridized carbons (Fsp3) is 0.692. The molecule has 4 aliphatic heterocycles. The highest BCUT2D eigenvalue weighted by atomic mass is 35.5. The summed E-state index contributed by atoms with van der Waals surface area (Å²) in [5.74, 6) is -0.417. The first-order valence-corrected chi connectivity index (χ1v) is 15.6. The van der Waals surface area contributed by atoms with Crippen LogP contribution in [0.3, 0.4) is 0 Å². The van der Waals surface area contributed by atoms with Crippen LogP contribution >= 0.6 is 11.6 Å². The zero-order valence-corrected chi connectivity index (χ0v) is 23.2. The van der Waals surface area contributed by atoms with Gasteiger partial charge in [-0.15, -0.1) is 0 Å². The van der Waals surface area contributed by atoms with Gasteiger partial charge in [-0.3, -0.25) is 9.59 Å². The minimum absolute atomic E-state index is 0.00554. The molecular weight excluding hydrogens is 557 g/mol. The third-order valence-electron chi connectivity index (χ3n) is 8.47. The van der Waals surface area contributed by atoms with Crippen molar-refractivity contribution in [1.29, 1.82) is 0 Å². The summed E-state index contributed by atoms with van der Waals surface area (Å²) in [6.45, 7) is 1.62. The van der Waals surface area contributed by atoms with E-state index >= 15 is 0 Å². The number of nitrogens with zero attached hydrogens (tertiary/aromatic N) is 2. The third-order valence-corrected chi connectivity index (χ3v) is 10.9. The maximum atomic E-state index is 13.5. The van der Waals surface area contributed by atoms with E-state index in [0.29, 0.717) is 56.6 Å². The molecule has 4 heterocycles. The van der Waals surface area contributed by atoms with E-state index in [1.165, 1.54) is 0 Å². The Bertz CT molecular complexity index is 1210. The maximum Gasteiger partial charge on any atom is 0.389 e. The molecule has 3 atom stereocenters. The smallest absolute Gasteiger partial charge is 0.349 e. The van der Waals surface area contributed by atoms with Gasteiger partial charge in [0.25, 0.3) is 5.91 Å². The fourth-order valence-electron chi connectivity index (χ4n) is 6.66. The number of nitrogens with one attached hydrogen (secondary N) is 2. The van der Waals surface area contributed by atoms with Gasteiger partial charge in [-0.2, -0.15) is 17.5 Å². The van der Waals surface area contributed by atoms with E-state index in [1.54, 1.807) is 16.4 Å². The normalized spacial score (nSPS) is 26.5. The fourth-order valence-corrected chi connectivity index (χ4v) is 9.30. The topological polar surface area (TPSA) is 98.8 Å². The summed E-state index contributed by atoms with van der Waals surface area (Å²) in [5.41, 5.74) is 1.65. The van der Waals surface area contributed by atoms with Crippen molar-refractivity contribution in [2.75, 3.05) is 30.7 Å². The molecule has 0 radical (unpaired) electrons. The molecule has 0 aliphatic carbocycles. The molecule has 4 aliphatic rings. The molecule has 0 spiro atoms. The first-order chi connectivity index (χ1) is 18.4. The van der Waals surface area contributed by atoms with Crippen LogP contribution in [0.1, 0.15) is 67.3 Å². The predicted octanol–water partition coefficient (Wildman–Crippen LogP) is 3.94. The second kappa shape index (κ2) is 11.2. The first kappa shape index (κ1) is 28.6.